The minimum absolute atomic E-state index is 0.127. The molecule has 0 radical (unpaired) electrons. The molecule has 0 N–H and O–H groups in total. The molecule has 2 aromatic heterocycles. The van der Waals surface area contributed by atoms with Gasteiger partial charge in [0, 0.05) is 11.8 Å². The molecule has 0 aliphatic rings. The number of thiazole rings is 1. The number of carbonyl (C=O) groups excluding carboxylic acids is 1. The number of ketones is 1. The van der Waals surface area contributed by atoms with Gasteiger partial charge in [-0.15, -0.1) is 11.3 Å². The van der Waals surface area contributed by atoms with Crippen molar-refractivity contribution in [3.63, 3.8) is 0 Å². The third-order valence-electron chi connectivity index (χ3n) is 1.93. The summed E-state index contributed by atoms with van der Waals surface area (Å²) in [6.07, 6.45) is 0.399. The van der Waals surface area contributed by atoms with Gasteiger partial charge in [-0.05, 0) is 26.0 Å². The standard InChI is InChI=1S/C11H11NO2S/c1-7(13)5-9-6-15-11(12-9)10-4-3-8(2)14-10/h3-4,6H,5H2,1-2H3. The van der Waals surface area contributed by atoms with Crippen molar-refractivity contribution in [2.45, 2.75) is 20.3 Å². The molecule has 0 aliphatic carbocycles. The van der Waals surface area contributed by atoms with E-state index >= 15 is 0 Å². The molecule has 0 unspecified atom stereocenters. The van der Waals surface area contributed by atoms with Gasteiger partial charge in [0.05, 0.1) is 5.69 Å². The van der Waals surface area contributed by atoms with Crippen molar-refractivity contribution in [3.8, 4) is 10.8 Å². The molecule has 4 heteroatoms. The second kappa shape index (κ2) is 3.98. The smallest absolute Gasteiger partial charge is 0.162 e. The number of hydrogen-bond acceptors (Lipinski definition) is 4. The molecule has 0 fully saturated rings. The van der Waals surface area contributed by atoms with E-state index in [2.05, 4.69) is 4.98 Å². The van der Waals surface area contributed by atoms with Gasteiger partial charge >= 0.3 is 0 Å². The monoisotopic (exact) mass is 221 g/mol. The quantitative estimate of drug-likeness (QED) is 0.800. The zero-order valence-corrected chi connectivity index (χ0v) is 9.43. The van der Waals surface area contributed by atoms with Gasteiger partial charge in [0.2, 0.25) is 0 Å². The predicted octanol–water partition coefficient (Wildman–Crippen LogP) is 2.84. The molecule has 0 atom stereocenters. The maximum Gasteiger partial charge on any atom is 0.162 e. The van der Waals surface area contributed by atoms with Crippen molar-refractivity contribution in [2.24, 2.45) is 0 Å². The predicted molar refractivity (Wildman–Crippen MR) is 58.9 cm³/mol. The number of aryl methyl sites for hydroxylation is 1. The number of rotatable bonds is 3. The van der Waals surface area contributed by atoms with E-state index in [0.29, 0.717) is 6.42 Å². The summed E-state index contributed by atoms with van der Waals surface area (Å²) in [7, 11) is 0. The van der Waals surface area contributed by atoms with E-state index in [9.17, 15) is 4.79 Å². The van der Waals surface area contributed by atoms with Crippen LogP contribution in [0.4, 0.5) is 0 Å². The van der Waals surface area contributed by atoms with E-state index in [4.69, 9.17) is 4.42 Å². The summed E-state index contributed by atoms with van der Waals surface area (Å²) in [6.45, 7) is 3.46. The molecule has 3 nitrogen and oxygen atoms in total. The van der Waals surface area contributed by atoms with Crippen molar-refractivity contribution in [2.75, 3.05) is 0 Å². The van der Waals surface area contributed by atoms with Crippen LogP contribution in [0, 0.1) is 6.92 Å². The van der Waals surface area contributed by atoms with Gasteiger partial charge in [0.1, 0.15) is 11.5 Å². The average Bonchev–Trinajstić information content (AvgIpc) is 2.72. The molecule has 0 saturated carbocycles. The lowest BCUT2D eigenvalue weighted by Gasteiger charge is -1.89. The van der Waals surface area contributed by atoms with Crippen LogP contribution in [0.1, 0.15) is 18.4 Å². The largest absolute Gasteiger partial charge is 0.459 e. The maximum atomic E-state index is 10.9. The minimum Gasteiger partial charge on any atom is -0.459 e. The molecule has 2 rings (SSSR count). The van der Waals surface area contributed by atoms with E-state index in [0.717, 1.165) is 22.2 Å². The summed E-state index contributed by atoms with van der Waals surface area (Å²) in [4.78, 5) is 15.2. The molecule has 2 heterocycles. The summed E-state index contributed by atoms with van der Waals surface area (Å²) < 4.78 is 5.45. The molecule has 0 spiro atoms. The van der Waals surface area contributed by atoms with Crippen LogP contribution in [0.2, 0.25) is 0 Å². The van der Waals surface area contributed by atoms with Crippen LogP contribution in [-0.2, 0) is 11.2 Å². The van der Waals surface area contributed by atoms with Crippen molar-refractivity contribution in [1.82, 2.24) is 4.98 Å². The Morgan fingerprint density at radius 3 is 2.93 bits per heavy atom. The highest BCUT2D eigenvalue weighted by Gasteiger charge is 2.09. The Bertz CT molecular complexity index is 484. The normalized spacial score (nSPS) is 10.5. The Morgan fingerprint density at radius 1 is 1.53 bits per heavy atom. The van der Waals surface area contributed by atoms with Gasteiger partial charge in [-0.1, -0.05) is 0 Å². The fraction of sp³-hybridized carbons (Fsp3) is 0.273. The molecule has 0 amide bonds. The Morgan fingerprint density at radius 2 is 2.33 bits per heavy atom. The molecule has 78 valence electrons. The molecule has 2 aromatic rings. The van der Waals surface area contributed by atoms with E-state index in [-0.39, 0.29) is 5.78 Å². The van der Waals surface area contributed by atoms with E-state index in [1.165, 1.54) is 11.3 Å². The second-order valence-electron chi connectivity index (χ2n) is 3.43. The summed E-state index contributed by atoms with van der Waals surface area (Å²) >= 11 is 1.50. The highest BCUT2D eigenvalue weighted by Crippen LogP contribution is 2.25. The Balaban J connectivity index is 2.23. The first-order valence-corrected chi connectivity index (χ1v) is 5.54. The highest BCUT2D eigenvalue weighted by atomic mass is 32.1. The topological polar surface area (TPSA) is 43.1 Å². The van der Waals surface area contributed by atoms with Gasteiger partial charge in [0.25, 0.3) is 0 Å². The Labute approximate surface area is 91.8 Å². The third kappa shape index (κ3) is 2.33. The number of aromatic nitrogens is 1. The lowest BCUT2D eigenvalue weighted by atomic mass is 10.2. The fourth-order valence-corrected chi connectivity index (χ4v) is 2.09. The van der Waals surface area contributed by atoms with Gasteiger partial charge < -0.3 is 4.42 Å². The summed E-state index contributed by atoms with van der Waals surface area (Å²) in [5.41, 5.74) is 0.816. The van der Waals surface area contributed by atoms with Gasteiger partial charge in [-0.2, -0.15) is 0 Å². The summed E-state index contributed by atoms with van der Waals surface area (Å²) in [5.74, 6) is 1.77. The Hall–Kier alpha value is -1.42. The van der Waals surface area contributed by atoms with Gasteiger partial charge in [-0.3, -0.25) is 4.79 Å². The molecule has 0 aromatic carbocycles. The van der Waals surface area contributed by atoms with Crippen molar-refractivity contribution >= 4 is 17.1 Å². The Kier molecular flexibility index (Phi) is 2.68. The van der Waals surface area contributed by atoms with E-state index in [1.54, 1.807) is 6.92 Å². The molecule has 15 heavy (non-hydrogen) atoms. The number of nitrogens with zero attached hydrogens (tertiary/aromatic N) is 1. The van der Waals surface area contributed by atoms with Crippen LogP contribution >= 0.6 is 11.3 Å². The van der Waals surface area contributed by atoms with Crippen LogP contribution < -0.4 is 0 Å². The average molecular weight is 221 g/mol. The summed E-state index contributed by atoms with van der Waals surface area (Å²) in [5, 5.41) is 2.73. The molecule has 0 bridgehead atoms. The summed E-state index contributed by atoms with van der Waals surface area (Å²) in [6, 6.07) is 3.80. The van der Waals surface area contributed by atoms with Crippen LogP contribution in [-0.4, -0.2) is 10.8 Å². The number of Topliss-reactive ketones (excluding diaryl/α,β-unsaturated/α-hetero) is 1. The van der Waals surface area contributed by atoms with E-state index < -0.39 is 0 Å². The SMILES string of the molecule is CC(=O)Cc1csc(-c2ccc(C)o2)n1. The van der Waals surface area contributed by atoms with Gasteiger partial charge in [-0.25, -0.2) is 4.98 Å². The first-order valence-electron chi connectivity index (χ1n) is 4.66. The van der Waals surface area contributed by atoms with Crippen LogP contribution in [0.15, 0.2) is 21.9 Å². The van der Waals surface area contributed by atoms with Crippen molar-refractivity contribution < 1.29 is 9.21 Å². The first kappa shape index (κ1) is 10.1. The van der Waals surface area contributed by atoms with Crippen LogP contribution in [0.5, 0.6) is 0 Å². The maximum absolute atomic E-state index is 10.9. The highest BCUT2D eigenvalue weighted by molar-refractivity contribution is 7.13. The number of furan rings is 1. The first-order chi connectivity index (χ1) is 7.15. The molecular weight excluding hydrogens is 210 g/mol. The van der Waals surface area contributed by atoms with Crippen molar-refractivity contribution in [3.05, 3.63) is 29.0 Å². The lowest BCUT2D eigenvalue weighted by Crippen LogP contribution is -1.95. The third-order valence-corrected chi connectivity index (χ3v) is 2.84. The molecule has 0 aliphatic heterocycles. The lowest BCUT2D eigenvalue weighted by molar-refractivity contribution is -0.116. The minimum atomic E-state index is 0.127. The zero-order valence-electron chi connectivity index (χ0n) is 8.61. The van der Waals surface area contributed by atoms with Crippen molar-refractivity contribution in [1.29, 1.82) is 0 Å². The zero-order chi connectivity index (χ0) is 10.8. The fourth-order valence-electron chi connectivity index (χ4n) is 1.31. The number of hydrogen-bond donors (Lipinski definition) is 0. The number of carbonyl (C=O) groups is 1. The van der Waals surface area contributed by atoms with Crippen LogP contribution in [0.25, 0.3) is 10.8 Å². The van der Waals surface area contributed by atoms with Crippen LogP contribution in [0.3, 0.4) is 0 Å². The van der Waals surface area contributed by atoms with E-state index in [1.807, 2.05) is 24.4 Å². The molecular formula is C11H11NO2S. The molecule has 0 saturated heterocycles. The second-order valence-corrected chi connectivity index (χ2v) is 4.29. The van der Waals surface area contributed by atoms with Gasteiger partial charge in [0.15, 0.2) is 10.8 Å².